The summed E-state index contributed by atoms with van der Waals surface area (Å²) in [4.78, 5) is 0. The molecule has 1 aromatic rings. The second-order valence-corrected chi connectivity index (χ2v) is 5.23. The Morgan fingerprint density at radius 3 is 2.65 bits per heavy atom. The van der Waals surface area contributed by atoms with Crippen molar-refractivity contribution in [3.05, 3.63) is 34.9 Å². The third kappa shape index (κ3) is 5.10. The maximum Gasteiger partial charge on any atom is 0.0409 e. The summed E-state index contributed by atoms with van der Waals surface area (Å²) >= 11 is 6.06. The van der Waals surface area contributed by atoms with Crippen LogP contribution in [-0.2, 0) is 0 Å². The molecule has 0 fully saturated rings. The highest BCUT2D eigenvalue weighted by Crippen LogP contribution is 2.25. The van der Waals surface area contributed by atoms with Crippen LogP contribution in [0.4, 0.5) is 0 Å². The fourth-order valence-electron chi connectivity index (χ4n) is 2.32. The Morgan fingerprint density at radius 1 is 1.29 bits per heavy atom. The second kappa shape index (κ2) is 7.73. The SMILES string of the molecule is CCCC(C)CC(NCC)c1cccc(Cl)c1. The number of hydrogen-bond acceptors (Lipinski definition) is 1. The number of hydrogen-bond donors (Lipinski definition) is 1. The molecule has 1 rings (SSSR count). The lowest BCUT2D eigenvalue weighted by Gasteiger charge is -2.22. The van der Waals surface area contributed by atoms with Gasteiger partial charge in [-0.05, 0) is 36.6 Å². The van der Waals surface area contributed by atoms with E-state index in [0.29, 0.717) is 6.04 Å². The van der Waals surface area contributed by atoms with E-state index in [1.807, 2.05) is 12.1 Å². The van der Waals surface area contributed by atoms with Gasteiger partial charge in [-0.2, -0.15) is 0 Å². The normalized spacial score (nSPS) is 14.6. The highest BCUT2D eigenvalue weighted by atomic mass is 35.5. The largest absolute Gasteiger partial charge is 0.310 e. The zero-order valence-corrected chi connectivity index (χ0v) is 11.9. The summed E-state index contributed by atoms with van der Waals surface area (Å²) in [7, 11) is 0. The molecule has 1 N–H and O–H groups in total. The molecule has 0 radical (unpaired) electrons. The summed E-state index contributed by atoms with van der Waals surface area (Å²) in [5.74, 6) is 0.753. The van der Waals surface area contributed by atoms with Crippen LogP contribution in [0.15, 0.2) is 24.3 Å². The van der Waals surface area contributed by atoms with Crippen molar-refractivity contribution in [2.45, 2.75) is 46.1 Å². The van der Waals surface area contributed by atoms with Gasteiger partial charge in [-0.3, -0.25) is 0 Å². The number of halogens is 1. The molecule has 0 amide bonds. The van der Waals surface area contributed by atoms with Gasteiger partial charge in [0.25, 0.3) is 0 Å². The van der Waals surface area contributed by atoms with Crippen LogP contribution in [0.2, 0.25) is 5.02 Å². The summed E-state index contributed by atoms with van der Waals surface area (Å²) < 4.78 is 0. The summed E-state index contributed by atoms with van der Waals surface area (Å²) in [5, 5.41) is 4.38. The van der Waals surface area contributed by atoms with Crippen molar-refractivity contribution in [3.8, 4) is 0 Å². The Morgan fingerprint density at radius 2 is 2.06 bits per heavy atom. The van der Waals surface area contributed by atoms with Crippen LogP contribution < -0.4 is 5.32 Å². The first-order valence-corrected chi connectivity index (χ1v) is 7.04. The van der Waals surface area contributed by atoms with E-state index in [-0.39, 0.29) is 0 Å². The van der Waals surface area contributed by atoms with Gasteiger partial charge in [0, 0.05) is 11.1 Å². The quantitative estimate of drug-likeness (QED) is 0.735. The first-order chi connectivity index (χ1) is 8.17. The molecule has 0 aliphatic rings. The van der Waals surface area contributed by atoms with Crippen molar-refractivity contribution >= 4 is 11.6 Å². The number of rotatable bonds is 7. The predicted molar refractivity (Wildman–Crippen MR) is 76.6 cm³/mol. The smallest absolute Gasteiger partial charge is 0.0409 e. The first kappa shape index (κ1) is 14.5. The maximum absolute atomic E-state index is 6.06. The molecular weight excluding hydrogens is 230 g/mol. The van der Waals surface area contributed by atoms with E-state index in [4.69, 9.17) is 11.6 Å². The molecule has 1 aromatic carbocycles. The van der Waals surface area contributed by atoms with E-state index in [1.54, 1.807) is 0 Å². The molecule has 2 heteroatoms. The van der Waals surface area contributed by atoms with E-state index >= 15 is 0 Å². The lowest BCUT2D eigenvalue weighted by molar-refractivity contribution is 0.395. The molecule has 0 bridgehead atoms. The van der Waals surface area contributed by atoms with Crippen molar-refractivity contribution < 1.29 is 0 Å². The fourth-order valence-corrected chi connectivity index (χ4v) is 2.52. The van der Waals surface area contributed by atoms with E-state index in [2.05, 4.69) is 38.2 Å². The summed E-state index contributed by atoms with van der Waals surface area (Å²) in [6, 6.07) is 8.64. The van der Waals surface area contributed by atoms with Gasteiger partial charge in [-0.25, -0.2) is 0 Å². The fraction of sp³-hybridized carbons (Fsp3) is 0.600. The number of nitrogens with one attached hydrogen (secondary N) is 1. The highest BCUT2D eigenvalue weighted by molar-refractivity contribution is 6.30. The summed E-state index contributed by atoms with van der Waals surface area (Å²) in [6.45, 7) is 7.73. The molecule has 0 heterocycles. The molecule has 0 saturated carbocycles. The van der Waals surface area contributed by atoms with Gasteiger partial charge in [0.15, 0.2) is 0 Å². The minimum Gasteiger partial charge on any atom is -0.310 e. The van der Waals surface area contributed by atoms with Gasteiger partial charge >= 0.3 is 0 Å². The zero-order valence-electron chi connectivity index (χ0n) is 11.2. The molecule has 0 aliphatic heterocycles. The van der Waals surface area contributed by atoms with Crippen LogP contribution in [0.1, 0.15) is 51.6 Å². The van der Waals surface area contributed by atoms with Gasteiger partial charge in [0.05, 0.1) is 0 Å². The third-order valence-electron chi connectivity index (χ3n) is 3.12. The van der Waals surface area contributed by atoms with Crippen LogP contribution in [0.25, 0.3) is 0 Å². The standard InChI is InChI=1S/C15H24ClN/c1-4-7-12(3)10-15(17-5-2)13-8-6-9-14(16)11-13/h6,8-9,11-12,15,17H,4-5,7,10H2,1-3H3. The molecule has 17 heavy (non-hydrogen) atoms. The minimum absolute atomic E-state index is 0.431. The molecular formula is C15H24ClN. The van der Waals surface area contributed by atoms with E-state index < -0.39 is 0 Å². The highest BCUT2D eigenvalue weighted by Gasteiger charge is 2.14. The molecule has 0 aromatic heterocycles. The average molecular weight is 254 g/mol. The monoisotopic (exact) mass is 253 g/mol. The van der Waals surface area contributed by atoms with Gasteiger partial charge in [0.2, 0.25) is 0 Å². The Kier molecular flexibility index (Phi) is 6.61. The van der Waals surface area contributed by atoms with Crippen LogP contribution in [0, 0.1) is 5.92 Å². The second-order valence-electron chi connectivity index (χ2n) is 4.79. The number of benzene rings is 1. The summed E-state index contributed by atoms with van der Waals surface area (Å²) in [5.41, 5.74) is 1.31. The molecule has 2 unspecified atom stereocenters. The zero-order chi connectivity index (χ0) is 12.7. The Labute approximate surface area is 111 Å². The molecule has 96 valence electrons. The van der Waals surface area contributed by atoms with Gasteiger partial charge in [0.1, 0.15) is 0 Å². The predicted octanol–water partition coefficient (Wildman–Crippen LogP) is 4.82. The van der Waals surface area contributed by atoms with E-state index in [9.17, 15) is 0 Å². The van der Waals surface area contributed by atoms with E-state index in [1.165, 1.54) is 24.8 Å². The third-order valence-corrected chi connectivity index (χ3v) is 3.36. The Balaban J connectivity index is 2.71. The van der Waals surface area contributed by atoms with Gasteiger partial charge < -0.3 is 5.32 Å². The Bertz CT molecular complexity index is 324. The van der Waals surface area contributed by atoms with Crippen molar-refractivity contribution in [1.82, 2.24) is 5.32 Å². The van der Waals surface area contributed by atoms with Crippen molar-refractivity contribution in [2.24, 2.45) is 5.92 Å². The topological polar surface area (TPSA) is 12.0 Å². The summed E-state index contributed by atoms with van der Waals surface area (Å²) in [6.07, 6.45) is 3.74. The van der Waals surface area contributed by atoms with Crippen LogP contribution >= 0.6 is 11.6 Å². The molecule has 2 atom stereocenters. The first-order valence-electron chi connectivity index (χ1n) is 6.66. The molecule has 0 aliphatic carbocycles. The van der Waals surface area contributed by atoms with Crippen molar-refractivity contribution in [1.29, 1.82) is 0 Å². The average Bonchev–Trinajstić information content (AvgIpc) is 2.29. The van der Waals surface area contributed by atoms with E-state index in [0.717, 1.165) is 17.5 Å². The van der Waals surface area contributed by atoms with Crippen molar-refractivity contribution in [2.75, 3.05) is 6.54 Å². The van der Waals surface area contributed by atoms with Crippen LogP contribution in [0.3, 0.4) is 0 Å². The van der Waals surface area contributed by atoms with Crippen molar-refractivity contribution in [3.63, 3.8) is 0 Å². The van der Waals surface area contributed by atoms with Gasteiger partial charge in [-0.1, -0.05) is 57.3 Å². The van der Waals surface area contributed by atoms with Crippen LogP contribution in [-0.4, -0.2) is 6.54 Å². The lowest BCUT2D eigenvalue weighted by Crippen LogP contribution is -2.22. The molecule has 0 saturated heterocycles. The molecule has 1 nitrogen and oxygen atoms in total. The maximum atomic E-state index is 6.06. The van der Waals surface area contributed by atoms with Gasteiger partial charge in [-0.15, -0.1) is 0 Å². The lowest BCUT2D eigenvalue weighted by atomic mass is 9.93. The molecule has 0 spiro atoms. The van der Waals surface area contributed by atoms with Crippen LogP contribution in [0.5, 0.6) is 0 Å². The minimum atomic E-state index is 0.431. The Hall–Kier alpha value is -0.530.